The molecule has 162 valence electrons. The molecule has 5 rings (SSSR count). The Morgan fingerprint density at radius 1 is 1.12 bits per heavy atom. The summed E-state index contributed by atoms with van der Waals surface area (Å²) in [6.07, 6.45) is 5.46. The number of hydrogen-bond acceptors (Lipinski definition) is 4. The third-order valence-electron chi connectivity index (χ3n) is 6.57. The highest BCUT2D eigenvalue weighted by Gasteiger charge is 2.38. The van der Waals surface area contributed by atoms with Crippen LogP contribution in [0.25, 0.3) is 0 Å². The number of phenols is 1. The molecule has 3 aromatic rings. The molecule has 3 N–H and O–H groups in total. The molecule has 0 saturated carbocycles. The molecule has 3 atom stereocenters. The Morgan fingerprint density at radius 2 is 1.97 bits per heavy atom. The van der Waals surface area contributed by atoms with Crippen molar-refractivity contribution in [3.05, 3.63) is 95.1 Å². The topological polar surface area (TPSA) is 70.6 Å². The molecule has 0 fully saturated rings. The lowest BCUT2D eigenvalue weighted by Crippen LogP contribution is -2.29. The van der Waals surface area contributed by atoms with E-state index in [0.717, 1.165) is 28.9 Å². The van der Waals surface area contributed by atoms with Crippen LogP contribution in [-0.4, -0.2) is 18.1 Å². The maximum atomic E-state index is 12.8. The molecule has 2 aliphatic rings. The van der Waals surface area contributed by atoms with E-state index in [2.05, 4.69) is 28.9 Å². The lowest BCUT2D eigenvalue weighted by atomic mass is 9.77. The molecule has 5 heteroatoms. The first-order chi connectivity index (χ1) is 15.5. The highest BCUT2D eigenvalue weighted by atomic mass is 16.5. The van der Waals surface area contributed by atoms with Gasteiger partial charge in [-0.1, -0.05) is 36.4 Å². The van der Waals surface area contributed by atoms with Crippen LogP contribution >= 0.6 is 0 Å². The van der Waals surface area contributed by atoms with E-state index in [1.165, 1.54) is 5.56 Å². The Labute approximate surface area is 187 Å². The number of carbonyl (C=O) groups is 1. The van der Waals surface area contributed by atoms with E-state index in [1.54, 1.807) is 13.2 Å². The van der Waals surface area contributed by atoms with Gasteiger partial charge in [0.25, 0.3) is 5.91 Å². The van der Waals surface area contributed by atoms with Gasteiger partial charge in [-0.05, 0) is 72.4 Å². The Morgan fingerprint density at radius 3 is 2.78 bits per heavy atom. The van der Waals surface area contributed by atoms with E-state index < -0.39 is 0 Å². The summed E-state index contributed by atoms with van der Waals surface area (Å²) < 4.78 is 5.32. The molecule has 0 aromatic heterocycles. The van der Waals surface area contributed by atoms with E-state index in [9.17, 15) is 9.90 Å². The summed E-state index contributed by atoms with van der Waals surface area (Å²) in [7, 11) is 1.56. The number of phenolic OH excluding ortho intramolecular Hbond substituents is 1. The van der Waals surface area contributed by atoms with Crippen LogP contribution in [0.5, 0.6) is 11.5 Å². The number of carbonyl (C=O) groups excluding carboxylic acids is 1. The van der Waals surface area contributed by atoms with Crippen molar-refractivity contribution < 1.29 is 14.6 Å². The highest BCUT2D eigenvalue weighted by molar-refractivity contribution is 6.05. The number of amides is 1. The number of hydrogen-bond donors (Lipinski definition) is 3. The molecule has 1 aliphatic heterocycles. The van der Waals surface area contributed by atoms with Crippen LogP contribution in [0.4, 0.5) is 11.4 Å². The number of nitrogens with one attached hydrogen (secondary N) is 2. The summed E-state index contributed by atoms with van der Waals surface area (Å²) in [5, 5.41) is 16.7. The van der Waals surface area contributed by atoms with Gasteiger partial charge < -0.3 is 20.5 Å². The number of aromatic hydroxyl groups is 1. The second kappa shape index (κ2) is 8.08. The van der Waals surface area contributed by atoms with Crippen molar-refractivity contribution in [2.24, 2.45) is 5.92 Å². The van der Waals surface area contributed by atoms with E-state index in [0.29, 0.717) is 17.2 Å². The zero-order chi connectivity index (χ0) is 22.2. The van der Waals surface area contributed by atoms with Crippen LogP contribution in [0.15, 0.2) is 72.8 Å². The first-order valence-corrected chi connectivity index (χ1v) is 10.9. The van der Waals surface area contributed by atoms with Crippen molar-refractivity contribution in [2.45, 2.75) is 25.3 Å². The summed E-state index contributed by atoms with van der Waals surface area (Å²) >= 11 is 0. The Balaban J connectivity index is 1.45. The van der Waals surface area contributed by atoms with E-state index in [4.69, 9.17) is 4.74 Å². The third-order valence-corrected chi connectivity index (χ3v) is 6.57. The van der Waals surface area contributed by atoms with Crippen molar-refractivity contribution in [3.63, 3.8) is 0 Å². The number of fused-ring (bicyclic) bond motifs is 3. The van der Waals surface area contributed by atoms with Gasteiger partial charge >= 0.3 is 0 Å². The second-order valence-corrected chi connectivity index (χ2v) is 8.48. The minimum absolute atomic E-state index is 0.0978. The molecule has 0 spiro atoms. The molecule has 32 heavy (non-hydrogen) atoms. The molecule has 1 heterocycles. The largest absolute Gasteiger partial charge is 0.504 e. The number of aryl methyl sites for hydroxylation is 1. The number of methoxy groups -OCH3 is 1. The Hall–Kier alpha value is -3.73. The molecular formula is C27H26N2O3. The predicted molar refractivity (Wildman–Crippen MR) is 127 cm³/mol. The van der Waals surface area contributed by atoms with Crippen molar-refractivity contribution in [1.82, 2.24) is 0 Å². The van der Waals surface area contributed by atoms with Gasteiger partial charge in [0.15, 0.2) is 11.5 Å². The maximum Gasteiger partial charge on any atom is 0.255 e. The summed E-state index contributed by atoms with van der Waals surface area (Å²) in [5.41, 5.74) is 5.76. The van der Waals surface area contributed by atoms with Crippen LogP contribution in [0.3, 0.4) is 0 Å². The monoisotopic (exact) mass is 426 g/mol. The lowest BCUT2D eigenvalue weighted by Gasteiger charge is -2.38. The van der Waals surface area contributed by atoms with Gasteiger partial charge in [0, 0.05) is 22.9 Å². The van der Waals surface area contributed by atoms with Crippen LogP contribution in [-0.2, 0) is 0 Å². The van der Waals surface area contributed by atoms with Crippen molar-refractivity contribution in [3.8, 4) is 11.5 Å². The van der Waals surface area contributed by atoms with Gasteiger partial charge in [-0.3, -0.25) is 4.79 Å². The van der Waals surface area contributed by atoms with Crippen molar-refractivity contribution in [1.29, 1.82) is 0 Å². The molecule has 1 amide bonds. The number of allylic oxidation sites excluding steroid dienone is 2. The van der Waals surface area contributed by atoms with E-state index >= 15 is 0 Å². The Kier molecular flexibility index (Phi) is 5.10. The zero-order valence-corrected chi connectivity index (χ0v) is 18.1. The van der Waals surface area contributed by atoms with Crippen molar-refractivity contribution in [2.75, 3.05) is 17.7 Å². The molecule has 0 bridgehead atoms. The van der Waals surface area contributed by atoms with Crippen LogP contribution in [0, 0.1) is 12.8 Å². The molecule has 0 radical (unpaired) electrons. The summed E-state index contributed by atoms with van der Waals surface area (Å²) in [6, 6.07) is 19.3. The Bertz CT molecular complexity index is 1220. The number of ether oxygens (including phenoxy) is 1. The van der Waals surface area contributed by atoms with Gasteiger partial charge in [-0.15, -0.1) is 0 Å². The molecule has 0 saturated heterocycles. The van der Waals surface area contributed by atoms with Crippen LogP contribution in [0.1, 0.15) is 45.4 Å². The fraction of sp³-hybridized carbons (Fsp3) is 0.222. The van der Waals surface area contributed by atoms with Gasteiger partial charge in [0.2, 0.25) is 0 Å². The van der Waals surface area contributed by atoms with Crippen molar-refractivity contribution >= 4 is 17.3 Å². The first-order valence-electron chi connectivity index (χ1n) is 10.9. The quantitative estimate of drug-likeness (QED) is 0.462. The number of anilines is 2. The van der Waals surface area contributed by atoms with E-state index in [-0.39, 0.29) is 23.6 Å². The fourth-order valence-electron chi connectivity index (χ4n) is 4.92. The molecule has 5 nitrogen and oxygen atoms in total. The maximum absolute atomic E-state index is 12.8. The number of rotatable bonds is 4. The van der Waals surface area contributed by atoms with Crippen LogP contribution < -0.4 is 15.4 Å². The second-order valence-electron chi connectivity index (χ2n) is 8.48. The predicted octanol–water partition coefficient (Wildman–Crippen LogP) is 5.79. The van der Waals surface area contributed by atoms with Gasteiger partial charge in [-0.2, -0.15) is 0 Å². The van der Waals surface area contributed by atoms with Gasteiger partial charge in [0.05, 0.1) is 13.2 Å². The normalized spacial score (nSPS) is 20.8. The third kappa shape index (κ3) is 3.50. The van der Waals surface area contributed by atoms with Gasteiger partial charge in [0.1, 0.15) is 0 Å². The van der Waals surface area contributed by atoms with E-state index in [1.807, 2.05) is 55.5 Å². The SMILES string of the molecule is COc1cc(C2Nc3ccc(NC(=O)c4ccccc4C)cc3C3C=CCC32)ccc1O. The minimum Gasteiger partial charge on any atom is -0.504 e. The van der Waals surface area contributed by atoms with Gasteiger partial charge in [-0.25, -0.2) is 0 Å². The summed E-state index contributed by atoms with van der Waals surface area (Å²) in [5.74, 6) is 1.12. The molecule has 3 unspecified atom stereocenters. The van der Waals surface area contributed by atoms with Crippen LogP contribution in [0.2, 0.25) is 0 Å². The smallest absolute Gasteiger partial charge is 0.255 e. The first kappa shape index (κ1) is 20.2. The fourth-order valence-corrected chi connectivity index (χ4v) is 4.92. The summed E-state index contributed by atoms with van der Waals surface area (Å²) in [6.45, 7) is 1.94. The minimum atomic E-state index is -0.0978. The summed E-state index contributed by atoms with van der Waals surface area (Å²) in [4.78, 5) is 12.8. The molecular weight excluding hydrogens is 400 g/mol. The highest BCUT2D eigenvalue weighted by Crippen LogP contribution is 2.51. The lowest BCUT2D eigenvalue weighted by molar-refractivity contribution is 0.102. The number of benzene rings is 3. The zero-order valence-electron chi connectivity index (χ0n) is 18.1. The molecule has 1 aliphatic carbocycles. The molecule has 3 aromatic carbocycles. The standard InChI is InChI=1S/C27H26N2O3/c1-16-6-3-4-7-19(16)27(31)28-18-11-12-23-22(15-18)20-8-5-9-21(20)26(29-23)17-10-13-24(30)25(14-17)32-2/h3-8,10-15,20-21,26,29-30H,9H2,1-2H3,(H,28,31). The average molecular weight is 427 g/mol. The average Bonchev–Trinajstić information content (AvgIpc) is 3.30.